The van der Waals surface area contributed by atoms with Crippen LogP contribution in [0.15, 0.2) is 47.7 Å². The molecule has 0 radical (unpaired) electrons. The van der Waals surface area contributed by atoms with Gasteiger partial charge in [-0.2, -0.15) is 31.4 Å². The predicted molar refractivity (Wildman–Crippen MR) is 191 cm³/mol. The van der Waals surface area contributed by atoms with Crippen molar-refractivity contribution in [2.45, 2.75) is 102 Å². The van der Waals surface area contributed by atoms with Gasteiger partial charge in [0, 0.05) is 38.4 Å². The molecule has 3 unspecified atom stereocenters. The van der Waals surface area contributed by atoms with E-state index in [0.717, 1.165) is 18.6 Å². The highest BCUT2D eigenvalue weighted by Crippen LogP contribution is 2.40. The molecule has 4 heterocycles. The summed E-state index contributed by atoms with van der Waals surface area (Å²) in [6.45, 7) is 12.3. The fourth-order valence-corrected chi connectivity index (χ4v) is 7.59. The summed E-state index contributed by atoms with van der Waals surface area (Å²) in [4.78, 5) is 38.2. The fraction of sp³-hybridized carbons (Fsp3) is 0.583. The highest BCUT2D eigenvalue weighted by Gasteiger charge is 2.47. The molecule has 2 fully saturated rings. The van der Waals surface area contributed by atoms with Crippen LogP contribution < -0.4 is 19.9 Å². The van der Waals surface area contributed by atoms with Crippen LogP contribution in [-0.2, 0) is 32.9 Å². The number of halogens is 6. The molecule has 2 aliphatic heterocycles. The SMILES string of the molecule is COc1ccc(Cn2ncc(O[C@@H](C)COC3CCN(C4CCN(c5ncc(C(F)(F)F)cn5)CC4O[Si](C)(C)C(C)(C)C)C3=O)c(C(F)(F)F)c2=O)cc1. The highest BCUT2D eigenvalue weighted by atomic mass is 28.4. The number of carbonyl (C=O) groups is 1. The lowest BCUT2D eigenvalue weighted by molar-refractivity contribution is -0.143. The number of anilines is 1. The summed E-state index contributed by atoms with van der Waals surface area (Å²) in [7, 11) is -0.946. The first-order valence-electron chi connectivity index (χ1n) is 17.8. The van der Waals surface area contributed by atoms with Crippen molar-refractivity contribution in [1.82, 2.24) is 24.6 Å². The van der Waals surface area contributed by atoms with Crippen molar-refractivity contribution in [2.75, 3.05) is 38.3 Å². The van der Waals surface area contributed by atoms with E-state index < -0.39 is 61.4 Å². The Morgan fingerprint density at radius 1 is 0.927 bits per heavy atom. The Labute approximate surface area is 315 Å². The molecule has 0 bridgehead atoms. The number of methoxy groups -OCH3 is 1. The Balaban J connectivity index is 1.25. The number of ether oxygens (including phenoxy) is 3. The summed E-state index contributed by atoms with van der Waals surface area (Å²) in [6.07, 6.45) is -9.00. The van der Waals surface area contributed by atoms with Gasteiger partial charge in [0.25, 0.3) is 11.5 Å². The van der Waals surface area contributed by atoms with Crippen molar-refractivity contribution >= 4 is 20.2 Å². The number of nitrogens with zero attached hydrogens (tertiary/aromatic N) is 6. The molecule has 3 aromatic rings. The van der Waals surface area contributed by atoms with Gasteiger partial charge >= 0.3 is 12.4 Å². The quantitative estimate of drug-likeness (QED) is 0.155. The number of amides is 1. The van der Waals surface area contributed by atoms with Crippen molar-refractivity contribution in [3.05, 3.63) is 69.9 Å². The maximum absolute atomic E-state index is 14.2. The first kappa shape index (κ1) is 41.9. The molecule has 4 atom stereocenters. The molecule has 1 amide bonds. The molecule has 0 N–H and O–H groups in total. The van der Waals surface area contributed by atoms with Crippen LogP contribution in [0.25, 0.3) is 0 Å². The van der Waals surface area contributed by atoms with Crippen LogP contribution >= 0.6 is 0 Å². The van der Waals surface area contributed by atoms with Crippen LogP contribution in [-0.4, -0.2) is 96.6 Å². The third-order valence-corrected chi connectivity index (χ3v) is 14.8. The number of benzene rings is 1. The van der Waals surface area contributed by atoms with Crippen molar-refractivity contribution in [3.8, 4) is 11.5 Å². The fourth-order valence-electron chi connectivity index (χ4n) is 6.25. The van der Waals surface area contributed by atoms with Crippen molar-refractivity contribution in [1.29, 1.82) is 0 Å². The monoisotopic (exact) mass is 800 g/mol. The Hall–Kier alpha value is -4.23. The molecule has 1 aromatic carbocycles. The van der Waals surface area contributed by atoms with Crippen LogP contribution in [0.5, 0.6) is 11.5 Å². The van der Waals surface area contributed by atoms with Gasteiger partial charge in [-0.3, -0.25) is 9.59 Å². The van der Waals surface area contributed by atoms with Crippen LogP contribution in [0, 0.1) is 0 Å². The van der Waals surface area contributed by atoms with Crippen LogP contribution in [0.3, 0.4) is 0 Å². The number of rotatable bonds is 12. The zero-order valence-corrected chi connectivity index (χ0v) is 32.7. The first-order valence-corrected chi connectivity index (χ1v) is 20.7. The van der Waals surface area contributed by atoms with E-state index in [1.54, 1.807) is 34.1 Å². The molecular weight excluding hydrogens is 755 g/mol. The largest absolute Gasteiger partial charge is 0.497 e. The standard InChI is InChI=1S/C36H46F6N6O6Si/c1-22(53-28-18-45-48(32(50)30(28)36(40,41)42)19-23-8-10-25(51-5)11-9-23)21-52-27-13-15-47(31(27)49)26-12-14-46(20-29(26)54-55(6,7)34(2,3)4)33-43-16-24(17-44-33)35(37,38)39/h8-11,16-18,22,26-27,29H,12-15,19-21H2,1-7H3/t22-,26?,27?,29?/m0/s1. The van der Waals surface area contributed by atoms with E-state index in [1.165, 1.54) is 14.0 Å². The van der Waals surface area contributed by atoms with Gasteiger partial charge in [-0.25, -0.2) is 14.6 Å². The summed E-state index contributed by atoms with van der Waals surface area (Å²) < 4.78 is 106. The van der Waals surface area contributed by atoms with Gasteiger partial charge in [0.05, 0.1) is 44.2 Å². The molecule has 12 nitrogen and oxygen atoms in total. The van der Waals surface area contributed by atoms with Crippen molar-refractivity contribution in [3.63, 3.8) is 0 Å². The number of aromatic nitrogens is 4. The molecule has 19 heteroatoms. The van der Waals surface area contributed by atoms with Crippen molar-refractivity contribution < 1.29 is 49.8 Å². The Bertz CT molecular complexity index is 1850. The minimum absolute atomic E-state index is 0.122. The molecule has 0 aliphatic carbocycles. The second-order valence-corrected chi connectivity index (χ2v) is 20.0. The molecule has 5 rings (SSSR count). The lowest BCUT2D eigenvalue weighted by Gasteiger charge is -2.47. The van der Waals surface area contributed by atoms with E-state index in [2.05, 4.69) is 48.9 Å². The molecule has 2 aliphatic rings. The first-order chi connectivity index (χ1) is 25.6. The maximum atomic E-state index is 14.2. The lowest BCUT2D eigenvalue weighted by atomic mass is 10.0. The molecule has 0 saturated carbocycles. The zero-order valence-electron chi connectivity index (χ0n) is 31.7. The summed E-state index contributed by atoms with van der Waals surface area (Å²) in [5.41, 5.74) is -3.31. The molecule has 0 spiro atoms. The number of carbonyl (C=O) groups excluding carboxylic acids is 1. The summed E-state index contributed by atoms with van der Waals surface area (Å²) in [6, 6.07) is 6.06. The second-order valence-electron chi connectivity index (χ2n) is 15.3. The Morgan fingerprint density at radius 2 is 1.58 bits per heavy atom. The average molecular weight is 801 g/mol. The van der Waals surface area contributed by atoms with Gasteiger partial charge in [0.15, 0.2) is 19.6 Å². The van der Waals surface area contributed by atoms with E-state index >= 15 is 0 Å². The van der Waals surface area contributed by atoms with Crippen LogP contribution in [0.2, 0.25) is 18.1 Å². The van der Waals surface area contributed by atoms with Gasteiger partial charge in [-0.15, -0.1) is 0 Å². The van der Waals surface area contributed by atoms with Gasteiger partial charge < -0.3 is 28.4 Å². The number of alkyl halides is 6. The van der Waals surface area contributed by atoms with Gasteiger partial charge in [0.1, 0.15) is 18.0 Å². The van der Waals surface area contributed by atoms with E-state index in [-0.39, 0.29) is 42.6 Å². The molecule has 55 heavy (non-hydrogen) atoms. The van der Waals surface area contributed by atoms with Crippen molar-refractivity contribution in [2.24, 2.45) is 0 Å². The summed E-state index contributed by atoms with van der Waals surface area (Å²) in [5.74, 6) is -0.411. The number of piperidine rings is 1. The van der Waals surface area contributed by atoms with Gasteiger partial charge in [-0.1, -0.05) is 32.9 Å². The van der Waals surface area contributed by atoms with Crippen LogP contribution in [0.1, 0.15) is 57.2 Å². The van der Waals surface area contributed by atoms with Gasteiger partial charge in [0.2, 0.25) is 5.95 Å². The Kier molecular flexibility index (Phi) is 12.3. The predicted octanol–water partition coefficient (Wildman–Crippen LogP) is 6.18. The number of likely N-dealkylation sites (tertiary alicyclic amines) is 1. The smallest absolute Gasteiger partial charge is 0.425 e. The molecule has 302 valence electrons. The second kappa shape index (κ2) is 16.1. The number of hydrogen-bond acceptors (Lipinski definition) is 10. The van der Waals surface area contributed by atoms with E-state index in [9.17, 15) is 35.9 Å². The zero-order chi connectivity index (χ0) is 40.5. The van der Waals surface area contributed by atoms with Gasteiger partial charge in [-0.05, 0) is 49.2 Å². The molecule has 2 aromatic heterocycles. The average Bonchev–Trinajstić information content (AvgIpc) is 3.46. The normalized spacial score (nSPS) is 20.5. The van der Waals surface area contributed by atoms with E-state index in [1.807, 2.05) is 0 Å². The van der Waals surface area contributed by atoms with E-state index in [4.69, 9.17) is 18.6 Å². The lowest BCUT2D eigenvalue weighted by Crippen LogP contribution is -2.60. The topological polar surface area (TPSA) is 121 Å². The minimum Gasteiger partial charge on any atom is -0.497 e. The highest BCUT2D eigenvalue weighted by molar-refractivity contribution is 6.74. The van der Waals surface area contributed by atoms with E-state index in [0.29, 0.717) is 41.9 Å². The molecular formula is C36H46F6N6O6Si. The third-order valence-electron chi connectivity index (χ3n) is 10.3. The summed E-state index contributed by atoms with van der Waals surface area (Å²) in [5, 5.41) is 3.73. The van der Waals surface area contributed by atoms with Crippen LogP contribution in [0.4, 0.5) is 32.3 Å². The minimum atomic E-state index is -5.04. The number of hydrogen-bond donors (Lipinski definition) is 0. The maximum Gasteiger partial charge on any atom is 0.425 e. The molecule has 2 saturated heterocycles. The summed E-state index contributed by atoms with van der Waals surface area (Å²) >= 11 is 0. The Morgan fingerprint density at radius 3 is 2.16 bits per heavy atom. The third kappa shape index (κ3) is 9.78.